The smallest absolute Gasteiger partial charge is 0.228 e. The van der Waals surface area contributed by atoms with Gasteiger partial charge in [0.25, 0.3) is 0 Å². The molecule has 2 heteroatoms. The van der Waals surface area contributed by atoms with E-state index in [1.165, 1.54) is 0 Å². The molecule has 0 aliphatic heterocycles. The lowest BCUT2D eigenvalue weighted by Gasteiger charge is -2.16. The summed E-state index contributed by atoms with van der Waals surface area (Å²) in [5, 5.41) is 0. The first-order valence-corrected chi connectivity index (χ1v) is 3.51. The van der Waals surface area contributed by atoms with Crippen molar-refractivity contribution in [3.63, 3.8) is 0 Å². The van der Waals surface area contributed by atoms with E-state index in [0.29, 0.717) is 0 Å². The number of hydrogen-bond donors (Lipinski definition) is 0. The molecule has 58 valence electrons. The molecule has 0 saturated carbocycles. The average molecular weight is 141 g/mol. The van der Waals surface area contributed by atoms with Crippen LogP contribution in [-0.4, -0.2) is 24.4 Å². The fraction of sp³-hybridized carbons (Fsp3) is 0.625. The van der Waals surface area contributed by atoms with Gasteiger partial charge in [-0.05, 0) is 6.92 Å². The van der Waals surface area contributed by atoms with Gasteiger partial charge in [-0.15, -0.1) is 6.58 Å². The zero-order valence-corrected chi connectivity index (χ0v) is 6.92. The van der Waals surface area contributed by atoms with Crippen LogP contribution in [0.5, 0.6) is 0 Å². The van der Waals surface area contributed by atoms with Crippen molar-refractivity contribution in [2.24, 2.45) is 5.92 Å². The maximum absolute atomic E-state index is 11.2. The van der Waals surface area contributed by atoms with Gasteiger partial charge in [-0.3, -0.25) is 4.79 Å². The Hall–Kier alpha value is -0.790. The van der Waals surface area contributed by atoms with Crippen LogP contribution in [-0.2, 0) is 4.79 Å². The molecule has 10 heavy (non-hydrogen) atoms. The number of amides is 1. The van der Waals surface area contributed by atoms with E-state index in [1.54, 1.807) is 18.0 Å². The summed E-state index contributed by atoms with van der Waals surface area (Å²) in [6.07, 6.45) is 1.66. The summed E-state index contributed by atoms with van der Waals surface area (Å²) in [5.74, 6) is 0.0856. The molecule has 0 fully saturated rings. The zero-order chi connectivity index (χ0) is 8.15. The van der Waals surface area contributed by atoms with E-state index in [2.05, 4.69) is 6.58 Å². The van der Waals surface area contributed by atoms with Crippen LogP contribution < -0.4 is 0 Å². The summed E-state index contributed by atoms with van der Waals surface area (Å²) < 4.78 is 0. The highest BCUT2D eigenvalue weighted by molar-refractivity contribution is 5.79. The van der Waals surface area contributed by atoms with E-state index in [-0.39, 0.29) is 11.8 Å². The van der Waals surface area contributed by atoms with Gasteiger partial charge < -0.3 is 4.90 Å². The molecule has 0 radical (unpaired) electrons. The minimum atomic E-state index is -0.0510. The second-order valence-electron chi connectivity index (χ2n) is 2.38. The third-order valence-electron chi connectivity index (χ3n) is 1.59. The quantitative estimate of drug-likeness (QED) is 0.542. The molecular weight excluding hydrogens is 126 g/mol. The molecule has 0 N–H and O–H groups in total. The SMILES string of the molecule is C=CC(C)C(=O)N(C)CC. The normalized spacial score (nSPS) is 12.3. The van der Waals surface area contributed by atoms with Gasteiger partial charge in [0.2, 0.25) is 5.91 Å². The highest BCUT2D eigenvalue weighted by Crippen LogP contribution is 2.00. The lowest BCUT2D eigenvalue weighted by atomic mass is 10.1. The zero-order valence-electron chi connectivity index (χ0n) is 6.92. The predicted octanol–water partition coefficient (Wildman–Crippen LogP) is 1.29. The highest BCUT2D eigenvalue weighted by atomic mass is 16.2. The van der Waals surface area contributed by atoms with Crippen molar-refractivity contribution < 1.29 is 4.79 Å². The summed E-state index contributed by atoms with van der Waals surface area (Å²) in [5.41, 5.74) is 0. The van der Waals surface area contributed by atoms with Gasteiger partial charge >= 0.3 is 0 Å². The number of hydrogen-bond acceptors (Lipinski definition) is 1. The lowest BCUT2D eigenvalue weighted by Crippen LogP contribution is -2.30. The van der Waals surface area contributed by atoms with Crippen LogP contribution in [0.4, 0.5) is 0 Å². The van der Waals surface area contributed by atoms with E-state index in [0.717, 1.165) is 6.54 Å². The van der Waals surface area contributed by atoms with Crippen LogP contribution in [0.15, 0.2) is 12.7 Å². The van der Waals surface area contributed by atoms with Crippen molar-refractivity contribution in [3.8, 4) is 0 Å². The Kier molecular flexibility index (Phi) is 3.77. The first-order valence-electron chi connectivity index (χ1n) is 3.51. The van der Waals surface area contributed by atoms with Crippen LogP contribution in [0, 0.1) is 5.92 Å². The van der Waals surface area contributed by atoms with Crippen molar-refractivity contribution >= 4 is 5.91 Å². The first kappa shape index (κ1) is 9.21. The Balaban J connectivity index is 3.93. The van der Waals surface area contributed by atoms with E-state index < -0.39 is 0 Å². The Labute approximate surface area is 62.5 Å². The molecule has 0 aliphatic carbocycles. The predicted molar refractivity (Wildman–Crippen MR) is 42.7 cm³/mol. The van der Waals surface area contributed by atoms with Crippen molar-refractivity contribution in [1.29, 1.82) is 0 Å². The second kappa shape index (κ2) is 4.09. The molecule has 0 rings (SSSR count). The van der Waals surface area contributed by atoms with Gasteiger partial charge in [0.05, 0.1) is 5.92 Å². The van der Waals surface area contributed by atoms with Crippen molar-refractivity contribution in [2.45, 2.75) is 13.8 Å². The van der Waals surface area contributed by atoms with Gasteiger partial charge in [0, 0.05) is 13.6 Å². The van der Waals surface area contributed by atoms with Gasteiger partial charge in [-0.1, -0.05) is 13.0 Å². The summed E-state index contributed by atoms with van der Waals surface area (Å²) in [6.45, 7) is 8.11. The molecule has 0 aromatic rings. The maximum atomic E-state index is 11.2. The summed E-state index contributed by atoms with van der Waals surface area (Å²) in [4.78, 5) is 12.8. The van der Waals surface area contributed by atoms with Crippen LogP contribution in [0.1, 0.15) is 13.8 Å². The number of nitrogens with zero attached hydrogens (tertiary/aromatic N) is 1. The maximum Gasteiger partial charge on any atom is 0.228 e. The molecule has 0 bridgehead atoms. The molecule has 1 unspecified atom stereocenters. The first-order chi connectivity index (χ1) is 4.63. The molecule has 1 atom stereocenters. The van der Waals surface area contributed by atoms with E-state index >= 15 is 0 Å². The summed E-state index contributed by atoms with van der Waals surface area (Å²) >= 11 is 0. The molecule has 0 heterocycles. The highest BCUT2D eigenvalue weighted by Gasteiger charge is 2.11. The van der Waals surface area contributed by atoms with Crippen LogP contribution in [0.25, 0.3) is 0 Å². The van der Waals surface area contributed by atoms with Crippen LogP contribution in [0.2, 0.25) is 0 Å². The largest absolute Gasteiger partial charge is 0.346 e. The van der Waals surface area contributed by atoms with Crippen LogP contribution >= 0.6 is 0 Å². The summed E-state index contributed by atoms with van der Waals surface area (Å²) in [7, 11) is 1.79. The molecule has 2 nitrogen and oxygen atoms in total. The number of carbonyl (C=O) groups excluding carboxylic acids is 1. The number of rotatable bonds is 3. The van der Waals surface area contributed by atoms with Gasteiger partial charge in [0.1, 0.15) is 0 Å². The van der Waals surface area contributed by atoms with E-state index in [1.807, 2.05) is 13.8 Å². The van der Waals surface area contributed by atoms with Crippen molar-refractivity contribution in [2.75, 3.05) is 13.6 Å². The number of carbonyl (C=O) groups is 1. The lowest BCUT2D eigenvalue weighted by molar-refractivity contribution is -0.131. The Morgan fingerprint density at radius 1 is 1.80 bits per heavy atom. The molecule has 0 aromatic carbocycles. The molecule has 0 spiro atoms. The summed E-state index contributed by atoms with van der Waals surface area (Å²) in [6, 6.07) is 0. The third-order valence-corrected chi connectivity index (χ3v) is 1.59. The van der Waals surface area contributed by atoms with Crippen molar-refractivity contribution in [3.05, 3.63) is 12.7 Å². The van der Waals surface area contributed by atoms with Crippen molar-refractivity contribution in [1.82, 2.24) is 4.90 Å². The van der Waals surface area contributed by atoms with Crippen LogP contribution in [0.3, 0.4) is 0 Å². The topological polar surface area (TPSA) is 20.3 Å². The Morgan fingerprint density at radius 3 is 2.60 bits per heavy atom. The minimum absolute atomic E-state index is 0.0510. The average Bonchev–Trinajstić information content (AvgIpc) is 2.00. The minimum Gasteiger partial charge on any atom is -0.346 e. The molecule has 0 aliphatic rings. The van der Waals surface area contributed by atoms with Gasteiger partial charge in [-0.25, -0.2) is 0 Å². The fourth-order valence-electron chi connectivity index (χ4n) is 0.604. The van der Waals surface area contributed by atoms with E-state index in [9.17, 15) is 4.79 Å². The fourth-order valence-corrected chi connectivity index (χ4v) is 0.604. The Morgan fingerprint density at radius 2 is 2.30 bits per heavy atom. The standard InChI is InChI=1S/C8H15NO/c1-5-7(3)8(10)9(4)6-2/h5,7H,1,6H2,2-4H3. The molecule has 0 aromatic heterocycles. The molecule has 1 amide bonds. The monoisotopic (exact) mass is 141 g/mol. The Bertz CT molecular complexity index is 131. The van der Waals surface area contributed by atoms with Gasteiger partial charge in [0.15, 0.2) is 0 Å². The third kappa shape index (κ3) is 2.21. The second-order valence-corrected chi connectivity index (χ2v) is 2.38. The molecule has 0 saturated heterocycles. The van der Waals surface area contributed by atoms with E-state index in [4.69, 9.17) is 0 Å². The van der Waals surface area contributed by atoms with Gasteiger partial charge in [-0.2, -0.15) is 0 Å². The molecular formula is C8H15NO.